The highest BCUT2D eigenvalue weighted by Crippen LogP contribution is 2.67. The maximum absolute atomic E-state index is 11.3. The van der Waals surface area contributed by atoms with Crippen LogP contribution in [0.15, 0.2) is 11.6 Å². The first-order valence-electron chi connectivity index (χ1n) is 13.2. The van der Waals surface area contributed by atoms with Gasteiger partial charge in [0, 0.05) is 11.5 Å². The smallest absolute Gasteiger partial charge is 0.309 e. The Morgan fingerprint density at radius 3 is 2.65 bits per heavy atom. The Morgan fingerprint density at radius 2 is 1.94 bits per heavy atom. The molecule has 4 rings (SSSR count). The highest BCUT2D eigenvalue weighted by molar-refractivity contribution is 5.49. The van der Waals surface area contributed by atoms with Gasteiger partial charge in [-0.15, -0.1) is 0 Å². The van der Waals surface area contributed by atoms with Gasteiger partial charge in [-0.05, 0) is 85.9 Å². The molecule has 1 radical (unpaired) electrons. The van der Waals surface area contributed by atoms with Crippen molar-refractivity contribution in [1.29, 1.82) is 0 Å². The molecule has 2 N–H and O–H groups in total. The molecule has 31 heavy (non-hydrogen) atoms. The molecule has 175 valence electrons. The van der Waals surface area contributed by atoms with Crippen molar-refractivity contribution in [3.05, 3.63) is 11.6 Å². The number of hydrogen-bond donors (Lipinski definition) is 2. The number of aliphatic hydroxyl groups is 1. The average molecular weight is 429 g/mol. The Bertz CT molecular complexity index is 686. The molecule has 0 spiro atoms. The summed E-state index contributed by atoms with van der Waals surface area (Å²) < 4.78 is 0. The van der Waals surface area contributed by atoms with E-state index in [1.807, 2.05) is 6.41 Å². The van der Waals surface area contributed by atoms with Crippen molar-refractivity contribution in [3.8, 4) is 0 Å². The molecule has 0 heterocycles. The van der Waals surface area contributed by atoms with Crippen molar-refractivity contribution in [2.45, 2.75) is 111 Å². The molecule has 3 fully saturated rings. The van der Waals surface area contributed by atoms with Gasteiger partial charge < -0.3 is 10.4 Å². The van der Waals surface area contributed by atoms with E-state index < -0.39 is 0 Å². The Hall–Kier alpha value is -0.830. The van der Waals surface area contributed by atoms with Gasteiger partial charge in [0.1, 0.15) is 0 Å². The predicted octanol–water partition coefficient (Wildman–Crippen LogP) is 6.02. The van der Waals surface area contributed by atoms with Gasteiger partial charge in [-0.25, -0.2) is 0 Å². The molecule has 0 aliphatic heterocycles. The molecule has 0 aromatic heterocycles. The largest absolute Gasteiger partial charge is 0.393 e. The van der Waals surface area contributed by atoms with E-state index in [1.165, 1.54) is 56.9 Å². The molecule has 1 unspecified atom stereocenters. The summed E-state index contributed by atoms with van der Waals surface area (Å²) in [5, 5.41) is 13.4. The van der Waals surface area contributed by atoms with Gasteiger partial charge in [0.2, 0.25) is 0 Å². The molecule has 0 saturated heterocycles. The fourth-order valence-corrected chi connectivity index (χ4v) is 9.04. The number of nitrogens with one attached hydrogen (secondary N) is 1. The van der Waals surface area contributed by atoms with Crippen LogP contribution in [0.2, 0.25) is 0 Å². The number of carbonyl (C=O) groups excluding carboxylic acids is 1. The van der Waals surface area contributed by atoms with E-state index in [9.17, 15) is 9.90 Å². The lowest BCUT2D eigenvalue weighted by Crippen LogP contribution is -2.59. The van der Waals surface area contributed by atoms with Gasteiger partial charge in [-0.3, -0.25) is 4.79 Å². The number of amides is 1. The van der Waals surface area contributed by atoms with Gasteiger partial charge in [0.05, 0.1) is 6.10 Å². The molecule has 4 aliphatic carbocycles. The molecule has 0 bridgehead atoms. The van der Waals surface area contributed by atoms with Crippen molar-refractivity contribution in [3.63, 3.8) is 0 Å². The van der Waals surface area contributed by atoms with Crippen molar-refractivity contribution in [2.75, 3.05) is 0 Å². The summed E-state index contributed by atoms with van der Waals surface area (Å²) in [4.78, 5) is 11.3. The quantitative estimate of drug-likeness (QED) is 0.384. The van der Waals surface area contributed by atoms with Crippen LogP contribution >= 0.6 is 0 Å². The summed E-state index contributed by atoms with van der Waals surface area (Å²) in [5.74, 6) is 4.68. The third kappa shape index (κ3) is 3.91. The van der Waals surface area contributed by atoms with Crippen LogP contribution in [-0.2, 0) is 4.79 Å². The Morgan fingerprint density at radius 1 is 1.16 bits per heavy atom. The summed E-state index contributed by atoms with van der Waals surface area (Å²) in [7, 11) is 0. The molecule has 0 aromatic rings. The minimum Gasteiger partial charge on any atom is -0.393 e. The molecule has 0 aromatic carbocycles. The van der Waals surface area contributed by atoms with E-state index in [2.05, 4.69) is 46.0 Å². The predicted molar refractivity (Wildman–Crippen MR) is 127 cm³/mol. The topological polar surface area (TPSA) is 49.3 Å². The molecular formula is C28H46NO2. The SMILES string of the molecule is CC(C)CCC[C@@H](C)[C@H]1CC[C@H]2[C@@H]3CC=C4C[C@@H](O)CC(N[C]=O)[C@]4(C)[C@H]3CC[C@]12C. The molecule has 1 amide bonds. The van der Waals surface area contributed by atoms with Crippen molar-refractivity contribution in [2.24, 2.45) is 46.3 Å². The van der Waals surface area contributed by atoms with Crippen LogP contribution in [0.3, 0.4) is 0 Å². The van der Waals surface area contributed by atoms with Crippen LogP contribution in [0, 0.1) is 46.3 Å². The summed E-state index contributed by atoms with van der Waals surface area (Å²) in [6.45, 7) is 12.2. The van der Waals surface area contributed by atoms with E-state index in [-0.39, 0.29) is 17.6 Å². The monoisotopic (exact) mass is 428 g/mol. The first kappa shape index (κ1) is 23.3. The fourth-order valence-electron chi connectivity index (χ4n) is 9.04. The normalized spacial score (nSPS) is 45.3. The number of fused-ring (bicyclic) bond motifs is 5. The second kappa shape index (κ2) is 8.84. The zero-order valence-corrected chi connectivity index (χ0v) is 20.6. The zero-order valence-electron chi connectivity index (χ0n) is 20.6. The zero-order chi connectivity index (χ0) is 22.4. The van der Waals surface area contributed by atoms with Gasteiger partial charge in [0.25, 0.3) is 0 Å². The van der Waals surface area contributed by atoms with Crippen molar-refractivity contribution >= 4 is 6.41 Å². The number of allylic oxidation sites excluding steroid dienone is 1. The van der Waals surface area contributed by atoms with Gasteiger partial charge in [-0.2, -0.15) is 0 Å². The molecule has 4 aliphatic rings. The van der Waals surface area contributed by atoms with E-state index in [4.69, 9.17) is 0 Å². The lowest BCUT2D eigenvalue weighted by Gasteiger charge is -2.60. The summed E-state index contributed by atoms with van der Waals surface area (Å²) >= 11 is 0. The molecule has 9 atom stereocenters. The fraction of sp³-hybridized carbons (Fsp3) is 0.893. The van der Waals surface area contributed by atoms with E-state index in [0.717, 1.165) is 36.0 Å². The van der Waals surface area contributed by atoms with Gasteiger partial charge in [-0.1, -0.05) is 65.5 Å². The number of aliphatic hydroxyl groups excluding tert-OH is 1. The standard InChI is InChI=1S/C28H46NO2/c1-18(2)7-6-8-19(3)23-11-12-24-22-10-9-20-15-21(31)16-26(29-17-30)28(20,5)25(22)13-14-27(23,24)4/h9,18-19,21-26,31H,6-8,10-16H2,1-5H3,(H,29,30)/t19-,21-,22+,23-,24+,25+,26?,27-,28+/m1/s1. The Kier molecular flexibility index (Phi) is 6.65. The lowest BCUT2D eigenvalue weighted by atomic mass is 9.46. The van der Waals surface area contributed by atoms with Crippen LogP contribution in [-0.4, -0.2) is 23.7 Å². The van der Waals surface area contributed by atoms with Crippen molar-refractivity contribution < 1.29 is 9.90 Å². The molecular weight excluding hydrogens is 382 g/mol. The van der Waals surface area contributed by atoms with Crippen molar-refractivity contribution in [1.82, 2.24) is 5.32 Å². The van der Waals surface area contributed by atoms with E-state index >= 15 is 0 Å². The van der Waals surface area contributed by atoms with Crippen LogP contribution < -0.4 is 5.32 Å². The average Bonchev–Trinajstić information content (AvgIpc) is 3.06. The Labute approximate surface area is 190 Å². The molecule has 3 saturated carbocycles. The lowest BCUT2D eigenvalue weighted by molar-refractivity contribution is -0.0665. The maximum Gasteiger partial charge on any atom is 0.309 e. The summed E-state index contributed by atoms with van der Waals surface area (Å²) in [5.41, 5.74) is 1.87. The third-order valence-electron chi connectivity index (χ3n) is 10.7. The van der Waals surface area contributed by atoms with Crippen LogP contribution in [0.25, 0.3) is 0 Å². The maximum atomic E-state index is 11.3. The Balaban J connectivity index is 1.54. The van der Waals surface area contributed by atoms with Crippen LogP contribution in [0.5, 0.6) is 0 Å². The van der Waals surface area contributed by atoms with E-state index in [1.54, 1.807) is 0 Å². The van der Waals surface area contributed by atoms with E-state index in [0.29, 0.717) is 17.8 Å². The second-order valence-corrected chi connectivity index (χ2v) is 12.5. The van der Waals surface area contributed by atoms with Gasteiger partial charge in [0.15, 0.2) is 0 Å². The highest BCUT2D eigenvalue weighted by Gasteiger charge is 2.61. The minimum atomic E-state index is -0.335. The third-order valence-corrected chi connectivity index (χ3v) is 10.7. The molecule has 3 nitrogen and oxygen atoms in total. The highest BCUT2D eigenvalue weighted by atomic mass is 16.3. The first-order valence-corrected chi connectivity index (χ1v) is 13.2. The summed E-state index contributed by atoms with van der Waals surface area (Å²) in [6, 6.07) is 0.0179. The van der Waals surface area contributed by atoms with Gasteiger partial charge >= 0.3 is 6.41 Å². The number of hydrogen-bond acceptors (Lipinski definition) is 2. The first-order chi connectivity index (χ1) is 14.7. The molecule has 3 heteroatoms. The second-order valence-electron chi connectivity index (χ2n) is 12.5. The summed E-state index contributed by atoms with van der Waals surface area (Å²) in [6.07, 6.45) is 16.3. The number of rotatable bonds is 7. The van der Waals surface area contributed by atoms with Crippen LogP contribution in [0.1, 0.15) is 98.8 Å². The van der Waals surface area contributed by atoms with Crippen LogP contribution in [0.4, 0.5) is 0 Å². The minimum absolute atomic E-state index is 0.0120.